The second-order valence-corrected chi connectivity index (χ2v) is 6.15. The summed E-state index contributed by atoms with van der Waals surface area (Å²) in [5, 5.41) is 0. The number of imidazole rings is 1. The van der Waals surface area contributed by atoms with Crippen molar-refractivity contribution in [2.75, 3.05) is 0 Å². The molecule has 10 heteroatoms. The molecule has 0 radical (unpaired) electrons. The van der Waals surface area contributed by atoms with Crippen LogP contribution in [0.3, 0.4) is 0 Å². The molecule has 0 amide bonds. The van der Waals surface area contributed by atoms with Crippen LogP contribution in [0.2, 0.25) is 6.55 Å². The second-order valence-electron chi connectivity index (χ2n) is 4.20. The minimum absolute atomic E-state index is 0.317. The van der Waals surface area contributed by atoms with Gasteiger partial charge in [0.1, 0.15) is 0 Å². The summed E-state index contributed by atoms with van der Waals surface area (Å²) >= 11 is 0. The highest BCUT2D eigenvalue weighted by Crippen LogP contribution is 2.01. The van der Waals surface area contributed by atoms with Crippen LogP contribution in [0.15, 0.2) is 15.9 Å². The molecule has 0 aliphatic rings. The predicted octanol–water partition coefficient (Wildman–Crippen LogP) is -2.50. The lowest BCUT2D eigenvalue weighted by atomic mass is 10.5. The van der Waals surface area contributed by atoms with E-state index in [4.69, 9.17) is 14.4 Å². The molecule has 106 valence electrons. The van der Waals surface area contributed by atoms with Gasteiger partial charge in [-0.05, 0) is 0 Å². The maximum atomic E-state index is 11.7. The van der Waals surface area contributed by atoms with Crippen LogP contribution in [0.5, 0.6) is 0 Å². The number of hydrogen-bond acceptors (Lipinski definition) is 6. The molecule has 0 aliphatic heterocycles. The molecule has 2 aromatic rings. The van der Waals surface area contributed by atoms with E-state index >= 15 is 0 Å². The number of rotatable bonds is 0. The lowest BCUT2D eigenvalue weighted by molar-refractivity contribution is 0.239. The van der Waals surface area contributed by atoms with Gasteiger partial charge < -0.3 is 19.0 Å². The zero-order chi connectivity index (χ0) is 15.0. The third kappa shape index (κ3) is 3.38. The molecule has 2 rings (SSSR count). The van der Waals surface area contributed by atoms with Gasteiger partial charge in [-0.2, -0.15) is 0 Å². The molecule has 2 heterocycles. The standard InChI is InChI=1S/C8H10N4O2.CH6O3Si/c1-10-4-9-6-5(10)7(13)12(3)8(14)11(6)2;1-5(2,3)4/h4H,1-3H3;2-4H,1H3. The largest absolute Gasteiger partial charge is 0.489 e. The van der Waals surface area contributed by atoms with E-state index in [0.717, 1.165) is 11.1 Å². The molecule has 0 spiro atoms. The van der Waals surface area contributed by atoms with E-state index in [1.54, 1.807) is 18.7 Å². The first-order chi connectivity index (χ1) is 8.54. The van der Waals surface area contributed by atoms with Gasteiger partial charge in [0.05, 0.1) is 6.33 Å². The molecule has 19 heavy (non-hydrogen) atoms. The fourth-order valence-corrected chi connectivity index (χ4v) is 1.47. The van der Waals surface area contributed by atoms with Gasteiger partial charge in [-0.25, -0.2) is 9.78 Å². The minimum atomic E-state index is -3.61. The SMILES string of the molecule is C[Si](O)(O)O.Cn1c(=O)c2c(ncn2C)n(C)c1=O. The van der Waals surface area contributed by atoms with Crippen LogP contribution in [0, 0.1) is 0 Å². The van der Waals surface area contributed by atoms with E-state index in [2.05, 4.69) is 4.98 Å². The fourth-order valence-electron chi connectivity index (χ4n) is 1.47. The zero-order valence-corrected chi connectivity index (χ0v) is 12.0. The Hall–Kier alpha value is -1.75. The van der Waals surface area contributed by atoms with Crippen molar-refractivity contribution in [1.82, 2.24) is 18.7 Å². The molecule has 2 aromatic heterocycles. The van der Waals surface area contributed by atoms with Crippen molar-refractivity contribution in [3.05, 3.63) is 27.2 Å². The van der Waals surface area contributed by atoms with Crippen LogP contribution in [-0.2, 0) is 21.1 Å². The van der Waals surface area contributed by atoms with Crippen LogP contribution in [0.4, 0.5) is 0 Å². The van der Waals surface area contributed by atoms with Crippen molar-refractivity contribution in [1.29, 1.82) is 0 Å². The molecule has 0 bridgehead atoms. The number of fused-ring (bicyclic) bond motifs is 1. The summed E-state index contributed by atoms with van der Waals surface area (Å²) in [5.74, 6) is 0. The Morgan fingerprint density at radius 1 is 1.11 bits per heavy atom. The van der Waals surface area contributed by atoms with Gasteiger partial charge in [0.25, 0.3) is 5.56 Å². The average Bonchev–Trinajstić information content (AvgIpc) is 2.63. The van der Waals surface area contributed by atoms with E-state index in [-0.39, 0.29) is 11.2 Å². The van der Waals surface area contributed by atoms with E-state index < -0.39 is 8.80 Å². The molecular weight excluding hydrogens is 272 g/mol. The van der Waals surface area contributed by atoms with E-state index in [9.17, 15) is 9.59 Å². The Labute approximate surface area is 109 Å². The third-order valence-corrected chi connectivity index (χ3v) is 2.32. The highest BCUT2D eigenvalue weighted by molar-refractivity contribution is 6.54. The molecule has 9 nitrogen and oxygen atoms in total. The maximum Gasteiger partial charge on any atom is 0.489 e. The van der Waals surface area contributed by atoms with Crippen LogP contribution < -0.4 is 11.2 Å². The first-order valence-electron chi connectivity index (χ1n) is 5.28. The molecule has 0 atom stereocenters. The highest BCUT2D eigenvalue weighted by Gasteiger charge is 2.14. The van der Waals surface area contributed by atoms with Crippen LogP contribution in [0.25, 0.3) is 11.2 Å². The summed E-state index contributed by atoms with van der Waals surface area (Å²) in [6.07, 6.45) is 1.52. The summed E-state index contributed by atoms with van der Waals surface area (Å²) in [5.41, 5.74) is 0.180. The quantitative estimate of drug-likeness (QED) is 0.461. The van der Waals surface area contributed by atoms with Crippen LogP contribution in [-0.4, -0.2) is 41.9 Å². The van der Waals surface area contributed by atoms with Gasteiger partial charge in [-0.1, -0.05) is 0 Å². The zero-order valence-electron chi connectivity index (χ0n) is 11.0. The monoisotopic (exact) mass is 288 g/mol. The van der Waals surface area contributed by atoms with Crippen LogP contribution >= 0.6 is 0 Å². The molecule has 0 aromatic carbocycles. The molecule has 0 unspecified atom stereocenters. The third-order valence-electron chi connectivity index (χ3n) is 2.32. The van der Waals surface area contributed by atoms with E-state index in [1.165, 1.54) is 17.9 Å². The molecule has 3 N–H and O–H groups in total. The predicted molar refractivity (Wildman–Crippen MR) is 69.5 cm³/mol. The Kier molecular flexibility index (Phi) is 4.10. The summed E-state index contributed by atoms with van der Waals surface area (Å²) in [6, 6.07) is 0. The molecule has 0 saturated heterocycles. The van der Waals surface area contributed by atoms with Crippen molar-refractivity contribution in [3.8, 4) is 0 Å². The highest BCUT2D eigenvalue weighted by atomic mass is 28.4. The summed E-state index contributed by atoms with van der Waals surface area (Å²) in [4.78, 5) is 50.5. The van der Waals surface area contributed by atoms with Gasteiger partial charge in [0, 0.05) is 27.7 Å². The number of aryl methyl sites for hydroxylation is 2. The lowest BCUT2D eigenvalue weighted by Gasteiger charge is -2.02. The van der Waals surface area contributed by atoms with Crippen molar-refractivity contribution in [3.63, 3.8) is 0 Å². The average molecular weight is 288 g/mol. The second kappa shape index (κ2) is 5.09. The van der Waals surface area contributed by atoms with Crippen LogP contribution in [0.1, 0.15) is 0 Å². The molecule has 0 aliphatic carbocycles. The van der Waals surface area contributed by atoms with Crippen molar-refractivity contribution < 1.29 is 14.4 Å². The van der Waals surface area contributed by atoms with Crippen molar-refractivity contribution in [2.45, 2.75) is 6.55 Å². The van der Waals surface area contributed by atoms with E-state index in [1.807, 2.05) is 0 Å². The normalized spacial score (nSPS) is 11.3. The topological polar surface area (TPSA) is 123 Å². The Morgan fingerprint density at radius 2 is 1.58 bits per heavy atom. The Morgan fingerprint density at radius 3 is 2.05 bits per heavy atom. The first kappa shape index (κ1) is 15.3. The summed E-state index contributed by atoms with van der Waals surface area (Å²) in [6.45, 7) is 0.993. The number of aromatic nitrogens is 4. The maximum absolute atomic E-state index is 11.7. The van der Waals surface area contributed by atoms with Gasteiger partial charge in [-0.3, -0.25) is 13.9 Å². The number of hydrogen-bond donors (Lipinski definition) is 3. The van der Waals surface area contributed by atoms with Crippen molar-refractivity contribution >= 4 is 20.0 Å². The summed E-state index contributed by atoms with van der Waals surface area (Å²) < 4.78 is 4.04. The lowest BCUT2D eigenvalue weighted by Crippen LogP contribution is -2.37. The van der Waals surface area contributed by atoms with Crippen molar-refractivity contribution in [2.24, 2.45) is 21.1 Å². The van der Waals surface area contributed by atoms with Gasteiger partial charge in [0.15, 0.2) is 11.2 Å². The molecule has 0 saturated carbocycles. The van der Waals surface area contributed by atoms with E-state index in [0.29, 0.717) is 11.2 Å². The molecular formula is C9H16N4O5Si. The Balaban J connectivity index is 0.000000312. The van der Waals surface area contributed by atoms with Gasteiger partial charge in [0.2, 0.25) is 0 Å². The number of nitrogens with zero attached hydrogens (tertiary/aromatic N) is 4. The Bertz CT molecular complexity index is 702. The summed E-state index contributed by atoms with van der Waals surface area (Å²) in [7, 11) is 1.16. The minimum Gasteiger partial charge on any atom is -0.390 e. The first-order valence-corrected chi connectivity index (χ1v) is 7.62. The van der Waals surface area contributed by atoms with Gasteiger partial charge >= 0.3 is 14.5 Å². The fraction of sp³-hybridized carbons (Fsp3) is 0.444. The molecule has 0 fully saturated rings. The van der Waals surface area contributed by atoms with Gasteiger partial charge in [-0.15, -0.1) is 0 Å². The smallest absolute Gasteiger partial charge is 0.390 e.